The Balaban J connectivity index is 1.57. The fourth-order valence-electron chi connectivity index (χ4n) is 5.15. The zero-order chi connectivity index (χ0) is 24.0. The van der Waals surface area contributed by atoms with Gasteiger partial charge in [-0.3, -0.25) is 24.5 Å². The zero-order valence-electron chi connectivity index (χ0n) is 19.1. The van der Waals surface area contributed by atoms with Crippen molar-refractivity contribution in [3.8, 4) is 0 Å². The highest BCUT2D eigenvalue weighted by Gasteiger charge is 2.60. The number of fused-ring (bicyclic) bond motifs is 1. The summed E-state index contributed by atoms with van der Waals surface area (Å²) in [6.07, 6.45) is 4.61. The molecule has 2 fully saturated rings. The van der Waals surface area contributed by atoms with Gasteiger partial charge in [-0.15, -0.1) is 11.8 Å². The van der Waals surface area contributed by atoms with E-state index in [0.29, 0.717) is 24.4 Å². The molecule has 4 rings (SSSR count). The summed E-state index contributed by atoms with van der Waals surface area (Å²) in [7, 11) is 3.44. The van der Waals surface area contributed by atoms with E-state index in [-0.39, 0.29) is 40.8 Å². The lowest BCUT2D eigenvalue weighted by atomic mass is 9.79. The summed E-state index contributed by atoms with van der Waals surface area (Å²) in [5.41, 5.74) is 0.774. The van der Waals surface area contributed by atoms with E-state index < -0.39 is 18.0 Å². The van der Waals surface area contributed by atoms with E-state index in [2.05, 4.69) is 14.9 Å². The highest BCUT2D eigenvalue weighted by Crippen LogP contribution is 2.52. The molecular weight excluding hydrogens is 446 g/mol. The number of amides is 2. The number of aliphatic hydroxyl groups excluding tert-OH is 1. The molecule has 6 atom stereocenters. The van der Waals surface area contributed by atoms with E-state index in [1.807, 2.05) is 6.92 Å². The van der Waals surface area contributed by atoms with Crippen LogP contribution in [0.5, 0.6) is 0 Å². The first-order valence-corrected chi connectivity index (χ1v) is 11.8. The van der Waals surface area contributed by atoms with Crippen molar-refractivity contribution in [1.29, 1.82) is 0 Å². The average molecular weight is 476 g/mol. The van der Waals surface area contributed by atoms with Crippen LogP contribution in [0, 0.1) is 11.8 Å². The molecule has 0 unspecified atom stereocenters. The van der Waals surface area contributed by atoms with E-state index in [9.17, 15) is 24.6 Å². The second-order valence-electron chi connectivity index (χ2n) is 9.12. The number of nitrogens with zero attached hydrogens (tertiary/aromatic N) is 5. The molecule has 33 heavy (non-hydrogen) atoms. The largest absolute Gasteiger partial charge is 0.477 e. The molecule has 2 saturated heterocycles. The molecule has 0 aromatic carbocycles. The number of carboxylic acid groups (broad SMARTS) is 1. The number of thioether (sulfide) groups is 1. The zero-order valence-corrected chi connectivity index (χ0v) is 19.9. The normalized spacial score (nSPS) is 30.3. The summed E-state index contributed by atoms with van der Waals surface area (Å²) in [6, 6.07) is -0.698. The molecule has 1 aromatic rings. The molecule has 0 aliphatic carbocycles. The molecule has 0 bridgehead atoms. The van der Waals surface area contributed by atoms with Crippen molar-refractivity contribution in [1.82, 2.24) is 24.7 Å². The van der Waals surface area contributed by atoms with Crippen molar-refractivity contribution in [2.24, 2.45) is 11.8 Å². The van der Waals surface area contributed by atoms with Crippen molar-refractivity contribution in [2.75, 3.05) is 20.6 Å². The van der Waals surface area contributed by atoms with Crippen molar-refractivity contribution in [3.05, 3.63) is 34.9 Å². The van der Waals surface area contributed by atoms with Crippen molar-refractivity contribution in [3.63, 3.8) is 0 Å². The van der Waals surface area contributed by atoms with E-state index in [1.54, 1.807) is 44.5 Å². The number of aromatic nitrogens is 2. The Morgan fingerprint density at radius 2 is 2.06 bits per heavy atom. The molecule has 3 aliphatic rings. The fourth-order valence-corrected chi connectivity index (χ4v) is 6.71. The van der Waals surface area contributed by atoms with Crippen LogP contribution in [0.1, 0.15) is 26.0 Å². The maximum atomic E-state index is 12.9. The molecule has 3 aliphatic heterocycles. The standard InChI is InChI=1S/C22H29N5O5S/c1-11-17-16(12(2)28)21(30)27(17)18(22(31)32)19(11)33-14-7-15(20(29)25(3)4)26(10-14)9-13-8-23-5-6-24-13/h5-6,8,11-12,14-17,28H,7,9-10H2,1-4H3,(H,31,32)/t11-,12-,14+,15+,16-,17-/m1/s1. The third kappa shape index (κ3) is 4.13. The Bertz CT molecular complexity index is 985. The van der Waals surface area contributed by atoms with Crippen molar-refractivity contribution >= 4 is 29.5 Å². The predicted octanol–water partition coefficient (Wildman–Crippen LogP) is 0.395. The molecule has 11 heteroatoms. The minimum Gasteiger partial charge on any atom is -0.477 e. The van der Waals surface area contributed by atoms with Gasteiger partial charge >= 0.3 is 5.97 Å². The minimum absolute atomic E-state index is 0.0120. The molecule has 0 saturated carbocycles. The van der Waals surface area contributed by atoms with Gasteiger partial charge in [0.2, 0.25) is 11.8 Å². The van der Waals surface area contributed by atoms with E-state index in [1.165, 1.54) is 16.7 Å². The van der Waals surface area contributed by atoms with E-state index in [4.69, 9.17) is 0 Å². The molecule has 10 nitrogen and oxygen atoms in total. The van der Waals surface area contributed by atoms with Crippen LogP contribution in [0.15, 0.2) is 29.2 Å². The van der Waals surface area contributed by atoms with Crippen LogP contribution in [0.4, 0.5) is 0 Å². The molecular formula is C22H29N5O5S. The third-order valence-electron chi connectivity index (χ3n) is 6.68. The highest BCUT2D eigenvalue weighted by atomic mass is 32.2. The van der Waals surface area contributed by atoms with Gasteiger partial charge in [0, 0.05) is 61.8 Å². The summed E-state index contributed by atoms with van der Waals surface area (Å²) in [5, 5.41) is 19.9. The Labute approximate surface area is 196 Å². The Morgan fingerprint density at radius 3 is 2.64 bits per heavy atom. The lowest BCUT2D eigenvalue weighted by Crippen LogP contribution is -2.63. The summed E-state index contributed by atoms with van der Waals surface area (Å²) in [5.74, 6) is -2.28. The summed E-state index contributed by atoms with van der Waals surface area (Å²) < 4.78 is 0. The van der Waals surface area contributed by atoms with Crippen LogP contribution >= 0.6 is 11.8 Å². The maximum absolute atomic E-state index is 12.9. The first kappa shape index (κ1) is 23.7. The molecule has 0 radical (unpaired) electrons. The Kier molecular flexibility index (Phi) is 6.47. The topological polar surface area (TPSA) is 127 Å². The van der Waals surface area contributed by atoms with Gasteiger partial charge in [-0.25, -0.2) is 4.79 Å². The summed E-state index contributed by atoms with van der Waals surface area (Å²) in [4.78, 5) is 51.6. The number of likely N-dealkylation sites (tertiary alicyclic amines) is 1. The van der Waals surface area contributed by atoms with Crippen LogP contribution in [0.25, 0.3) is 0 Å². The van der Waals surface area contributed by atoms with Crippen LogP contribution in [-0.4, -0.2) is 96.7 Å². The molecule has 1 aromatic heterocycles. The third-order valence-corrected chi connectivity index (χ3v) is 8.17. The number of aliphatic hydroxyl groups is 1. The molecule has 178 valence electrons. The quantitative estimate of drug-likeness (QED) is 0.539. The number of likely N-dealkylation sites (N-methyl/N-ethyl adjacent to an activating group) is 1. The molecule has 0 spiro atoms. The number of carbonyl (C=O) groups is 3. The molecule has 2 amide bonds. The van der Waals surface area contributed by atoms with Crippen molar-refractivity contribution < 1.29 is 24.6 Å². The number of hydrogen-bond donors (Lipinski definition) is 2. The van der Waals surface area contributed by atoms with Crippen LogP contribution < -0.4 is 0 Å². The number of carboxylic acids is 1. The first-order chi connectivity index (χ1) is 15.6. The number of rotatable bonds is 7. The van der Waals surface area contributed by atoms with Gasteiger partial charge in [0.1, 0.15) is 5.70 Å². The van der Waals surface area contributed by atoms with Crippen LogP contribution in [0.3, 0.4) is 0 Å². The van der Waals surface area contributed by atoms with Gasteiger partial charge in [0.15, 0.2) is 0 Å². The fraction of sp³-hybridized carbons (Fsp3) is 0.591. The molecule has 2 N–H and O–H groups in total. The number of aliphatic carboxylic acids is 1. The summed E-state index contributed by atoms with van der Waals surface area (Å²) in [6.45, 7) is 4.52. The maximum Gasteiger partial charge on any atom is 0.353 e. The Morgan fingerprint density at radius 1 is 1.33 bits per heavy atom. The number of carbonyl (C=O) groups excluding carboxylic acids is 2. The van der Waals surface area contributed by atoms with Gasteiger partial charge in [-0.05, 0) is 13.3 Å². The lowest BCUT2D eigenvalue weighted by Gasteiger charge is -2.46. The first-order valence-electron chi connectivity index (χ1n) is 11.0. The minimum atomic E-state index is -1.14. The second kappa shape index (κ2) is 9.03. The van der Waals surface area contributed by atoms with E-state index >= 15 is 0 Å². The average Bonchev–Trinajstić information content (AvgIpc) is 3.25. The van der Waals surface area contributed by atoms with E-state index in [0.717, 1.165) is 5.69 Å². The monoisotopic (exact) mass is 475 g/mol. The smallest absolute Gasteiger partial charge is 0.353 e. The SMILES string of the molecule is C[C@@H](O)[C@H]1C(=O)N2C(C(=O)O)=C(S[C@H]3C[C@@H](C(=O)N(C)C)N(Cc4cnccn4)C3)[C@H](C)[C@H]12. The van der Waals surface area contributed by atoms with Gasteiger partial charge < -0.3 is 20.0 Å². The number of hydrogen-bond acceptors (Lipinski definition) is 8. The van der Waals surface area contributed by atoms with Crippen LogP contribution in [0.2, 0.25) is 0 Å². The highest BCUT2D eigenvalue weighted by molar-refractivity contribution is 8.03. The van der Waals surface area contributed by atoms with Gasteiger partial charge in [0.05, 0.1) is 29.8 Å². The number of β-lactam (4-membered cyclic amide) rings is 1. The van der Waals surface area contributed by atoms with Gasteiger partial charge in [0.25, 0.3) is 0 Å². The molecule has 4 heterocycles. The lowest BCUT2D eigenvalue weighted by molar-refractivity contribution is -0.163. The summed E-state index contributed by atoms with van der Waals surface area (Å²) >= 11 is 1.44. The van der Waals surface area contributed by atoms with Gasteiger partial charge in [-0.1, -0.05) is 6.92 Å². The second-order valence-corrected chi connectivity index (χ2v) is 10.5. The van der Waals surface area contributed by atoms with Crippen molar-refractivity contribution in [2.45, 2.75) is 50.3 Å². The van der Waals surface area contributed by atoms with Crippen LogP contribution in [-0.2, 0) is 20.9 Å². The predicted molar refractivity (Wildman–Crippen MR) is 121 cm³/mol. The van der Waals surface area contributed by atoms with Gasteiger partial charge in [-0.2, -0.15) is 0 Å². The Hall–Kier alpha value is -2.50.